The van der Waals surface area contributed by atoms with Crippen LogP contribution in [0.2, 0.25) is 0 Å². The Morgan fingerprint density at radius 2 is 1.69 bits per heavy atom. The molecule has 182 valence electrons. The Morgan fingerprint density at radius 1 is 1.00 bits per heavy atom. The Kier molecular flexibility index (Phi) is 7.05. The van der Waals surface area contributed by atoms with E-state index in [1.165, 1.54) is 25.3 Å². The maximum Gasteiger partial charge on any atom is 0.335 e. The van der Waals surface area contributed by atoms with Crippen LogP contribution in [0.3, 0.4) is 0 Å². The molecule has 3 aromatic carbocycles. The zero-order valence-electron chi connectivity index (χ0n) is 19.0. The van der Waals surface area contributed by atoms with E-state index < -0.39 is 23.7 Å². The van der Waals surface area contributed by atoms with Crippen molar-refractivity contribution in [3.05, 3.63) is 89.8 Å². The molecule has 0 radical (unpaired) electrons. The molecule has 1 heterocycles. The van der Waals surface area contributed by atoms with E-state index in [0.717, 1.165) is 17.0 Å². The molecule has 0 spiro atoms. The predicted octanol–water partition coefficient (Wildman–Crippen LogP) is 3.52. The largest absolute Gasteiger partial charge is 0.495 e. The van der Waals surface area contributed by atoms with Gasteiger partial charge >= 0.3 is 6.03 Å². The summed E-state index contributed by atoms with van der Waals surface area (Å²) in [5.74, 6) is -1.71. The molecule has 2 N–H and O–H groups in total. The van der Waals surface area contributed by atoms with Gasteiger partial charge in [-0.15, -0.1) is 0 Å². The number of hydrogen-bond donors (Lipinski definition) is 2. The van der Waals surface area contributed by atoms with E-state index in [-0.39, 0.29) is 23.8 Å². The van der Waals surface area contributed by atoms with Crippen molar-refractivity contribution in [1.82, 2.24) is 5.32 Å². The number of barbiturate groups is 1. The molecule has 4 rings (SSSR count). The van der Waals surface area contributed by atoms with Crippen LogP contribution in [0.4, 0.5) is 20.6 Å². The third-order valence-corrected chi connectivity index (χ3v) is 5.13. The van der Waals surface area contributed by atoms with Crippen molar-refractivity contribution in [1.29, 1.82) is 0 Å². The maximum atomic E-state index is 13.2. The van der Waals surface area contributed by atoms with E-state index in [9.17, 15) is 23.6 Å². The summed E-state index contributed by atoms with van der Waals surface area (Å²) in [7, 11) is 1.50. The number of rotatable bonds is 7. The second kappa shape index (κ2) is 10.5. The number of anilines is 2. The zero-order valence-corrected chi connectivity index (χ0v) is 19.0. The van der Waals surface area contributed by atoms with Crippen molar-refractivity contribution < 1.29 is 33.0 Å². The number of nitrogens with zero attached hydrogens (tertiary/aromatic N) is 1. The molecule has 0 aromatic heterocycles. The van der Waals surface area contributed by atoms with Gasteiger partial charge in [-0.3, -0.25) is 19.7 Å². The fraction of sp³-hybridized carbons (Fsp3) is 0.0769. The van der Waals surface area contributed by atoms with Gasteiger partial charge in [0, 0.05) is 0 Å². The minimum Gasteiger partial charge on any atom is -0.495 e. The average Bonchev–Trinajstić information content (AvgIpc) is 2.87. The molecule has 0 aliphatic carbocycles. The number of nitrogens with one attached hydrogen (secondary N) is 2. The number of amides is 5. The van der Waals surface area contributed by atoms with Gasteiger partial charge in [0.1, 0.15) is 22.9 Å². The fourth-order valence-electron chi connectivity index (χ4n) is 3.39. The summed E-state index contributed by atoms with van der Waals surface area (Å²) < 4.78 is 23.9. The average molecular weight is 489 g/mol. The third-order valence-electron chi connectivity index (χ3n) is 5.13. The fourth-order valence-corrected chi connectivity index (χ4v) is 3.39. The molecule has 0 saturated carbocycles. The van der Waals surface area contributed by atoms with Crippen molar-refractivity contribution >= 4 is 41.2 Å². The zero-order chi connectivity index (χ0) is 25.7. The van der Waals surface area contributed by atoms with Gasteiger partial charge in [-0.2, -0.15) is 0 Å². The molecule has 0 atom stereocenters. The summed E-state index contributed by atoms with van der Waals surface area (Å²) >= 11 is 0. The van der Waals surface area contributed by atoms with Crippen molar-refractivity contribution in [3.63, 3.8) is 0 Å². The molecule has 1 saturated heterocycles. The number of carbonyl (C=O) groups is 4. The summed E-state index contributed by atoms with van der Waals surface area (Å²) in [6.45, 7) is -0.256. The van der Waals surface area contributed by atoms with Crippen LogP contribution in [0.15, 0.2) is 78.4 Å². The number of hydrogen-bond acceptors (Lipinski definition) is 6. The Labute approximate surface area is 205 Å². The van der Waals surface area contributed by atoms with Gasteiger partial charge in [0.15, 0.2) is 6.61 Å². The van der Waals surface area contributed by atoms with Crippen molar-refractivity contribution in [2.24, 2.45) is 0 Å². The Hall–Kier alpha value is -4.99. The summed E-state index contributed by atoms with van der Waals surface area (Å²) in [6.07, 6.45) is 1.32. The smallest absolute Gasteiger partial charge is 0.335 e. The minimum absolute atomic E-state index is 0.118. The standard InChI is InChI=1S/C26H20FN3O6/c1-35-22-5-3-2-4-21(22)28-23(31)15-36-19-12-6-16(7-13-19)14-20-24(32)29-26(34)30(25(20)33)18-10-8-17(27)9-11-18/h2-14H,15H2,1H3,(H,28,31)(H,29,32,34). The van der Waals surface area contributed by atoms with Crippen LogP contribution in [-0.4, -0.2) is 37.5 Å². The summed E-state index contributed by atoms with van der Waals surface area (Å²) in [6, 6.07) is 17.1. The second-order valence-corrected chi connectivity index (χ2v) is 7.54. The first-order valence-corrected chi connectivity index (χ1v) is 10.7. The molecule has 36 heavy (non-hydrogen) atoms. The summed E-state index contributed by atoms with van der Waals surface area (Å²) in [5.41, 5.74) is 0.836. The van der Waals surface area contributed by atoms with E-state index in [1.807, 2.05) is 0 Å². The highest BCUT2D eigenvalue weighted by Gasteiger charge is 2.36. The van der Waals surface area contributed by atoms with Gasteiger partial charge in [-0.25, -0.2) is 14.1 Å². The van der Waals surface area contributed by atoms with Gasteiger partial charge < -0.3 is 14.8 Å². The van der Waals surface area contributed by atoms with Crippen LogP contribution < -0.4 is 25.0 Å². The monoisotopic (exact) mass is 489 g/mol. The lowest BCUT2D eigenvalue weighted by Gasteiger charge is -2.26. The molecule has 5 amide bonds. The van der Waals surface area contributed by atoms with Gasteiger partial charge in [-0.05, 0) is 60.2 Å². The third kappa shape index (κ3) is 5.39. The van der Waals surface area contributed by atoms with Crippen LogP contribution in [0, 0.1) is 5.82 Å². The number of urea groups is 1. The quantitative estimate of drug-likeness (QED) is 0.388. The number of para-hydroxylation sites is 2. The van der Waals surface area contributed by atoms with Crippen LogP contribution in [-0.2, 0) is 14.4 Å². The molecule has 10 heteroatoms. The summed E-state index contributed by atoms with van der Waals surface area (Å²) in [5, 5.41) is 4.80. The molecule has 1 aliphatic rings. The lowest BCUT2D eigenvalue weighted by atomic mass is 10.1. The minimum atomic E-state index is -0.927. The number of halogens is 1. The highest BCUT2D eigenvalue weighted by molar-refractivity contribution is 6.39. The van der Waals surface area contributed by atoms with Crippen molar-refractivity contribution in [3.8, 4) is 11.5 Å². The normalized spacial score (nSPS) is 14.4. The molecule has 1 aliphatic heterocycles. The van der Waals surface area contributed by atoms with Crippen LogP contribution in [0.25, 0.3) is 6.08 Å². The van der Waals surface area contributed by atoms with Gasteiger partial charge in [0.25, 0.3) is 17.7 Å². The van der Waals surface area contributed by atoms with Crippen molar-refractivity contribution in [2.75, 3.05) is 23.9 Å². The first kappa shape index (κ1) is 24.1. The SMILES string of the molecule is COc1ccccc1NC(=O)COc1ccc(C=C2C(=O)NC(=O)N(c3ccc(F)cc3)C2=O)cc1. The number of imide groups is 2. The first-order valence-electron chi connectivity index (χ1n) is 10.7. The van der Waals surface area contributed by atoms with Crippen molar-refractivity contribution in [2.45, 2.75) is 0 Å². The molecule has 1 fully saturated rings. The van der Waals surface area contributed by atoms with Crippen LogP contribution in [0.1, 0.15) is 5.56 Å². The first-order chi connectivity index (χ1) is 17.4. The molecule has 0 unspecified atom stereocenters. The second-order valence-electron chi connectivity index (χ2n) is 7.54. The lowest BCUT2D eigenvalue weighted by molar-refractivity contribution is -0.122. The number of benzene rings is 3. The molecular formula is C26H20FN3O6. The van der Waals surface area contributed by atoms with E-state index in [1.54, 1.807) is 48.5 Å². The van der Waals surface area contributed by atoms with E-state index in [4.69, 9.17) is 9.47 Å². The van der Waals surface area contributed by atoms with E-state index >= 15 is 0 Å². The highest BCUT2D eigenvalue weighted by atomic mass is 19.1. The van der Waals surface area contributed by atoms with Gasteiger partial charge in [0.05, 0.1) is 18.5 Å². The van der Waals surface area contributed by atoms with Gasteiger partial charge in [0.2, 0.25) is 0 Å². The van der Waals surface area contributed by atoms with E-state index in [2.05, 4.69) is 10.6 Å². The Morgan fingerprint density at radius 3 is 2.39 bits per heavy atom. The molecule has 3 aromatic rings. The Bertz CT molecular complexity index is 1350. The lowest BCUT2D eigenvalue weighted by Crippen LogP contribution is -2.54. The maximum absolute atomic E-state index is 13.2. The van der Waals surface area contributed by atoms with E-state index in [0.29, 0.717) is 22.7 Å². The molecule has 9 nitrogen and oxygen atoms in total. The summed E-state index contributed by atoms with van der Waals surface area (Å²) in [4.78, 5) is 50.4. The number of methoxy groups -OCH3 is 1. The number of ether oxygens (including phenoxy) is 2. The topological polar surface area (TPSA) is 114 Å². The van der Waals surface area contributed by atoms with Crippen LogP contribution >= 0.6 is 0 Å². The van der Waals surface area contributed by atoms with Crippen LogP contribution in [0.5, 0.6) is 11.5 Å². The molecular weight excluding hydrogens is 469 g/mol. The molecule has 0 bridgehead atoms. The Balaban J connectivity index is 1.42. The number of carbonyl (C=O) groups excluding carboxylic acids is 4. The van der Waals surface area contributed by atoms with Gasteiger partial charge in [-0.1, -0.05) is 24.3 Å². The predicted molar refractivity (Wildman–Crippen MR) is 129 cm³/mol. The highest BCUT2D eigenvalue weighted by Crippen LogP contribution is 2.24.